The number of hydrogen-bond donors (Lipinski definition) is 0. The van der Waals surface area contributed by atoms with Crippen LogP contribution >= 0.6 is 7.14 Å². The molecule has 278 valence electrons. The molecule has 2 heterocycles. The zero-order valence-electron chi connectivity index (χ0n) is 31.9. The molecule has 8 nitrogen and oxygen atoms in total. The van der Waals surface area contributed by atoms with Crippen molar-refractivity contribution in [1.82, 2.24) is 0 Å². The molecular weight excluding hydrogens is 755 g/mol. The van der Waals surface area contributed by atoms with Crippen molar-refractivity contribution in [1.29, 1.82) is 0 Å². The van der Waals surface area contributed by atoms with Gasteiger partial charge in [-0.2, -0.15) is 0 Å². The van der Waals surface area contributed by atoms with E-state index < -0.39 is 31.9 Å². The van der Waals surface area contributed by atoms with Crippen LogP contribution < -0.4 is 95.6 Å². The smallest absolute Gasteiger partial charge is 0.685 e. The average molecular weight is 796 g/mol. The molecule has 0 fully saturated rings. The summed E-state index contributed by atoms with van der Waals surface area (Å²) in [6.45, 7) is -4.78. The molecule has 0 spiro atoms. The van der Waals surface area contributed by atoms with Crippen molar-refractivity contribution in [3.63, 3.8) is 0 Å². The fourth-order valence-electron chi connectivity index (χ4n) is 7.95. The van der Waals surface area contributed by atoms with Crippen LogP contribution in [0.4, 0.5) is 0 Å². The summed E-state index contributed by atoms with van der Waals surface area (Å²) in [4.78, 5) is 0. The van der Waals surface area contributed by atoms with E-state index in [1.54, 1.807) is 0 Å². The van der Waals surface area contributed by atoms with E-state index in [9.17, 15) is 0 Å². The Morgan fingerprint density at radius 3 is 0.947 bits per heavy atom. The van der Waals surface area contributed by atoms with Gasteiger partial charge in [-0.05, 0) is 12.1 Å². The average Bonchev–Trinajstić information content (AvgIpc) is 3.24. The van der Waals surface area contributed by atoms with Gasteiger partial charge >= 0.3 is 72.2 Å². The van der Waals surface area contributed by atoms with Gasteiger partial charge in [-0.3, -0.25) is 0 Å². The predicted molar refractivity (Wildman–Crippen MR) is 222 cm³/mol. The van der Waals surface area contributed by atoms with Gasteiger partial charge in [0.1, 0.15) is 11.7 Å². The summed E-state index contributed by atoms with van der Waals surface area (Å²) in [7, 11) is -3.90. The Hall–Kier alpha value is -3.70. The van der Waals surface area contributed by atoms with Crippen molar-refractivity contribution in [3.05, 3.63) is 211 Å². The monoisotopic (exact) mass is 796 g/mol. The molecule has 7 aromatic carbocycles. The van der Waals surface area contributed by atoms with Crippen molar-refractivity contribution in [2.24, 2.45) is 0 Å². The van der Waals surface area contributed by atoms with Gasteiger partial charge in [0.05, 0.1) is 11.5 Å². The molecule has 13 heteroatoms. The number of para-hydroxylation sites is 2. The third-order valence-corrected chi connectivity index (χ3v) is 13.7. The Morgan fingerprint density at radius 2 is 0.632 bits per heavy atom. The van der Waals surface area contributed by atoms with Gasteiger partial charge in [0, 0.05) is 16.4 Å². The van der Waals surface area contributed by atoms with Crippen LogP contribution in [0.25, 0.3) is 0 Å². The first-order valence-corrected chi connectivity index (χ1v) is 19.5. The molecule has 0 amide bonds. The molecule has 0 aromatic heterocycles. The van der Waals surface area contributed by atoms with Gasteiger partial charge < -0.3 is 39.6 Å². The Balaban J connectivity index is 0.00000144. The molecule has 0 saturated carbocycles. The fraction of sp³-hybridized carbons (Fsp3) is 0.0455. The zero-order chi connectivity index (χ0) is 35.0. The molecule has 2 atom stereocenters. The molecule has 0 radical (unpaired) electrons. The third kappa shape index (κ3) is 8.04. The second kappa shape index (κ2) is 19.4. The topological polar surface area (TPSA) is 148 Å². The van der Waals surface area contributed by atoms with Crippen LogP contribution in [-0.2, 0) is 13.9 Å². The maximum Gasteiger partial charge on any atom is 1.00 e. The minimum absolute atomic E-state index is 0. The summed E-state index contributed by atoms with van der Waals surface area (Å²) in [6.07, 6.45) is 0. The van der Waals surface area contributed by atoms with Gasteiger partial charge in [-0.15, -0.1) is 21.9 Å². The molecule has 0 saturated heterocycles. The minimum atomic E-state index is -3.90. The van der Waals surface area contributed by atoms with E-state index >= 15 is 4.57 Å². The number of rotatable bonds is 7. The Bertz CT molecular complexity index is 2160. The quantitative estimate of drug-likeness (QED) is 0.149. The number of hydrogen-bond acceptors (Lipinski definition) is 5. The van der Waals surface area contributed by atoms with E-state index in [1.165, 1.54) is 0 Å². The zero-order valence-corrected chi connectivity index (χ0v) is 36.7. The van der Waals surface area contributed by atoms with E-state index in [1.807, 2.05) is 200 Å². The van der Waals surface area contributed by atoms with Crippen molar-refractivity contribution in [2.45, 2.75) is 11.7 Å². The molecule has 2 aliphatic rings. The van der Waals surface area contributed by atoms with E-state index in [0.29, 0.717) is 27.9 Å². The van der Waals surface area contributed by atoms with E-state index in [4.69, 9.17) is 18.6 Å². The maximum absolute atomic E-state index is 17.2. The standard InChI is InChI=1S/C44H35B2O5P.2Na.3H2O/c47-52(38-28-14-5-15-29-38,43-39-30-16-18-32-41(39)48-45(50-43,34-20-6-1-7-21-34)35-22-8-2-9-23-35)44-40-31-17-19-33-42(40)49-46(51-44,36-24-10-3-11-25-36)37-26-12-4-13-27-37;;;;;/h1-33,43-44H;;;3*1H2/q-2;2*+1;;;. The number of fused-ring (bicyclic) bond motifs is 2. The van der Waals surface area contributed by atoms with Gasteiger partial charge in [0.25, 0.3) is 0 Å². The summed E-state index contributed by atoms with van der Waals surface area (Å²) < 4.78 is 46.3. The van der Waals surface area contributed by atoms with Crippen molar-refractivity contribution in [3.8, 4) is 11.5 Å². The third-order valence-electron chi connectivity index (χ3n) is 10.4. The first kappa shape index (κ1) is 46.0. The molecule has 0 aliphatic carbocycles. The van der Waals surface area contributed by atoms with E-state index in [2.05, 4.69) is 0 Å². The molecule has 7 aromatic rings. The largest absolute Gasteiger partial charge is 1.00 e. The predicted octanol–water partition coefficient (Wildman–Crippen LogP) is -1.06. The first-order chi connectivity index (χ1) is 25.6. The summed E-state index contributed by atoms with van der Waals surface area (Å²) in [5.41, 5.74) is 4.76. The van der Waals surface area contributed by atoms with Crippen LogP contribution in [0.2, 0.25) is 0 Å². The second-order valence-electron chi connectivity index (χ2n) is 13.4. The molecule has 2 unspecified atom stereocenters. The molecule has 57 heavy (non-hydrogen) atoms. The van der Waals surface area contributed by atoms with Crippen LogP contribution in [0.1, 0.15) is 22.8 Å². The molecule has 9 rings (SSSR count). The summed E-state index contributed by atoms with van der Waals surface area (Å²) in [5.74, 6) is -0.718. The van der Waals surface area contributed by atoms with Gasteiger partial charge in [0.15, 0.2) is 7.14 Å². The van der Waals surface area contributed by atoms with E-state index in [-0.39, 0.29) is 75.5 Å². The molecule has 2 aliphatic heterocycles. The van der Waals surface area contributed by atoms with Gasteiger partial charge in [-0.25, -0.2) is 0 Å². The van der Waals surface area contributed by atoms with Crippen LogP contribution in [0, 0.1) is 0 Å². The van der Waals surface area contributed by atoms with Gasteiger partial charge in [0.2, 0.25) is 0 Å². The molecule has 0 bridgehead atoms. The minimum Gasteiger partial charge on any atom is -0.685 e. The fourth-order valence-corrected chi connectivity index (χ4v) is 11.3. The first-order valence-electron chi connectivity index (χ1n) is 17.7. The molecular formula is C44H41B2Na2O8P. The van der Waals surface area contributed by atoms with Crippen molar-refractivity contribution < 1.29 is 98.7 Å². The Morgan fingerprint density at radius 1 is 0.368 bits per heavy atom. The Kier molecular flexibility index (Phi) is 15.6. The normalized spacial score (nSPS) is 17.8. The molecule has 6 N–H and O–H groups in total. The van der Waals surface area contributed by atoms with Crippen molar-refractivity contribution >= 4 is 47.4 Å². The van der Waals surface area contributed by atoms with Gasteiger partial charge in [-0.1, -0.05) is 188 Å². The maximum atomic E-state index is 17.2. The van der Waals surface area contributed by atoms with Crippen LogP contribution in [0.3, 0.4) is 0 Å². The number of benzene rings is 7. The van der Waals surface area contributed by atoms with Crippen LogP contribution in [-0.4, -0.2) is 29.5 Å². The SMILES string of the molecule is O.O.O.O=P(c1ccccc1)(C1O[B-](c2ccccc2)(c2ccccc2)Oc2ccccc21)C1O[B-](c2ccccc2)(c2ccccc2)Oc2ccccc21.[Na+].[Na+]. The summed E-state index contributed by atoms with van der Waals surface area (Å²) in [6, 6.07) is 65.2. The second-order valence-corrected chi connectivity index (χ2v) is 16.3. The van der Waals surface area contributed by atoms with E-state index in [0.717, 1.165) is 21.9 Å². The van der Waals surface area contributed by atoms with Crippen molar-refractivity contribution in [2.75, 3.05) is 0 Å². The van der Waals surface area contributed by atoms with Crippen LogP contribution in [0.15, 0.2) is 200 Å². The summed E-state index contributed by atoms with van der Waals surface area (Å²) in [5, 5.41) is 0.634. The van der Waals surface area contributed by atoms with Crippen LogP contribution in [0.5, 0.6) is 11.5 Å². The summed E-state index contributed by atoms with van der Waals surface area (Å²) >= 11 is 0. The Labute approximate surface area is 377 Å².